The highest BCUT2D eigenvalue weighted by atomic mass is 35.5. The monoisotopic (exact) mass is 384 g/mol. The first-order valence-electron chi connectivity index (χ1n) is 8.69. The Morgan fingerprint density at radius 3 is 2.63 bits per heavy atom. The smallest absolute Gasteiger partial charge is 0.256 e. The van der Waals surface area contributed by atoms with E-state index < -0.39 is 0 Å². The molecule has 1 N–H and O–H groups in total. The van der Waals surface area contributed by atoms with E-state index in [0.717, 1.165) is 0 Å². The number of benzene rings is 2. The lowest BCUT2D eigenvalue weighted by Crippen LogP contribution is -2.21. The first kappa shape index (κ1) is 19.0. The van der Waals surface area contributed by atoms with Gasteiger partial charge in [-0.05, 0) is 30.2 Å². The number of halogens is 1. The fourth-order valence-corrected chi connectivity index (χ4v) is 2.98. The van der Waals surface area contributed by atoms with Gasteiger partial charge in [0.15, 0.2) is 0 Å². The lowest BCUT2D eigenvalue weighted by molar-refractivity contribution is 0.102. The molecule has 0 fully saturated rings. The fourth-order valence-electron chi connectivity index (χ4n) is 2.75. The summed E-state index contributed by atoms with van der Waals surface area (Å²) in [6.07, 6.45) is 0. The summed E-state index contributed by atoms with van der Waals surface area (Å²) in [7, 11) is 1.68. The van der Waals surface area contributed by atoms with Crippen molar-refractivity contribution in [1.82, 2.24) is 4.57 Å². The van der Waals surface area contributed by atoms with Crippen molar-refractivity contribution in [2.75, 3.05) is 11.9 Å². The zero-order valence-corrected chi connectivity index (χ0v) is 16.2. The van der Waals surface area contributed by atoms with Crippen molar-refractivity contribution in [3.8, 4) is 5.75 Å². The van der Waals surface area contributed by atoms with E-state index in [4.69, 9.17) is 16.3 Å². The molecule has 1 aromatic heterocycles. The zero-order chi connectivity index (χ0) is 19.6. The minimum absolute atomic E-state index is 0.241. The molecule has 140 valence electrons. The van der Waals surface area contributed by atoms with Crippen LogP contribution in [0, 0.1) is 5.92 Å². The van der Waals surface area contributed by atoms with Crippen LogP contribution in [0.2, 0.25) is 5.02 Å². The van der Waals surface area contributed by atoms with Crippen LogP contribution in [0.5, 0.6) is 5.75 Å². The second-order valence-electron chi connectivity index (χ2n) is 6.78. The highest BCUT2D eigenvalue weighted by Crippen LogP contribution is 2.28. The molecule has 0 atom stereocenters. The summed E-state index contributed by atoms with van der Waals surface area (Å²) in [5.41, 5.74) is 1.32. The van der Waals surface area contributed by atoms with E-state index in [9.17, 15) is 9.59 Å². The third-order valence-electron chi connectivity index (χ3n) is 4.16. The van der Waals surface area contributed by atoms with Gasteiger partial charge in [-0.2, -0.15) is 0 Å². The third kappa shape index (κ3) is 4.14. The number of ether oxygens (including phenoxy) is 1. The molecular weight excluding hydrogens is 364 g/mol. The number of hydrogen-bond donors (Lipinski definition) is 1. The minimum atomic E-state index is -0.365. The van der Waals surface area contributed by atoms with Crippen molar-refractivity contribution < 1.29 is 9.53 Å². The van der Waals surface area contributed by atoms with Gasteiger partial charge < -0.3 is 14.6 Å². The van der Waals surface area contributed by atoms with Crippen LogP contribution in [0.4, 0.5) is 5.69 Å². The van der Waals surface area contributed by atoms with E-state index in [2.05, 4.69) is 19.2 Å². The summed E-state index contributed by atoms with van der Waals surface area (Å²) in [5, 5.41) is 3.93. The quantitative estimate of drug-likeness (QED) is 0.705. The highest BCUT2D eigenvalue weighted by molar-refractivity contribution is 6.32. The third-order valence-corrected chi connectivity index (χ3v) is 4.46. The molecule has 6 heteroatoms. The van der Waals surface area contributed by atoms with Crippen molar-refractivity contribution in [2.45, 2.75) is 13.8 Å². The van der Waals surface area contributed by atoms with Crippen LogP contribution in [0.3, 0.4) is 0 Å². The number of fused-ring (bicyclic) bond motifs is 1. The Morgan fingerprint density at radius 1 is 1.19 bits per heavy atom. The highest BCUT2D eigenvalue weighted by Gasteiger charge is 2.14. The van der Waals surface area contributed by atoms with Gasteiger partial charge in [-0.15, -0.1) is 0 Å². The van der Waals surface area contributed by atoms with Crippen molar-refractivity contribution in [1.29, 1.82) is 0 Å². The molecule has 5 nitrogen and oxygen atoms in total. The van der Waals surface area contributed by atoms with Crippen LogP contribution >= 0.6 is 11.6 Å². The van der Waals surface area contributed by atoms with Gasteiger partial charge in [0, 0.05) is 24.2 Å². The average Bonchev–Trinajstić information content (AvgIpc) is 2.64. The maximum absolute atomic E-state index is 12.8. The number of rotatable bonds is 5. The fraction of sp³-hybridized carbons (Fsp3) is 0.238. The molecular formula is C21H21ClN2O3. The molecule has 3 rings (SSSR count). The van der Waals surface area contributed by atoms with Crippen LogP contribution in [0.25, 0.3) is 10.9 Å². The van der Waals surface area contributed by atoms with Crippen LogP contribution in [-0.2, 0) is 7.05 Å². The summed E-state index contributed by atoms with van der Waals surface area (Å²) in [6, 6.07) is 13.7. The summed E-state index contributed by atoms with van der Waals surface area (Å²) < 4.78 is 7.16. The number of para-hydroxylation sites is 1. The van der Waals surface area contributed by atoms with Crippen molar-refractivity contribution in [3.05, 3.63) is 69.5 Å². The Bertz CT molecular complexity index is 1060. The Labute approximate surface area is 162 Å². The number of hydrogen-bond acceptors (Lipinski definition) is 3. The van der Waals surface area contributed by atoms with Crippen LogP contribution in [0.15, 0.2) is 53.3 Å². The molecule has 0 aliphatic carbocycles. The molecule has 0 spiro atoms. The maximum Gasteiger partial charge on any atom is 0.256 e. The van der Waals surface area contributed by atoms with Gasteiger partial charge >= 0.3 is 0 Å². The second-order valence-corrected chi connectivity index (χ2v) is 7.18. The molecule has 0 aliphatic rings. The van der Waals surface area contributed by atoms with Gasteiger partial charge in [-0.25, -0.2) is 0 Å². The Morgan fingerprint density at radius 2 is 1.93 bits per heavy atom. The van der Waals surface area contributed by atoms with E-state index in [1.165, 1.54) is 10.6 Å². The molecule has 3 aromatic rings. The number of carbonyl (C=O) groups excluding carboxylic acids is 1. The van der Waals surface area contributed by atoms with Gasteiger partial charge in [0.25, 0.3) is 11.5 Å². The summed E-state index contributed by atoms with van der Waals surface area (Å²) in [4.78, 5) is 25.0. The van der Waals surface area contributed by atoms with Crippen LogP contribution in [0.1, 0.15) is 24.2 Å². The summed E-state index contributed by atoms with van der Waals surface area (Å²) in [6.45, 7) is 4.67. The molecule has 0 unspecified atom stereocenters. The molecule has 27 heavy (non-hydrogen) atoms. The van der Waals surface area contributed by atoms with Crippen molar-refractivity contribution >= 4 is 34.1 Å². The summed E-state index contributed by atoms with van der Waals surface area (Å²) >= 11 is 6.25. The number of aromatic nitrogens is 1. The van der Waals surface area contributed by atoms with E-state index >= 15 is 0 Å². The Balaban J connectivity index is 1.88. The number of anilines is 1. The first-order valence-corrected chi connectivity index (χ1v) is 9.07. The van der Waals surface area contributed by atoms with Crippen molar-refractivity contribution in [2.24, 2.45) is 13.0 Å². The lowest BCUT2D eigenvalue weighted by atomic mass is 10.1. The summed E-state index contributed by atoms with van der Waals surface area (Å²) in [5.74, 6) is 0.590. The number of aryl methyl sites for hydroxylation is 1. The van der Waals surface area contributed by atoms with E-state index in [0.29, 0.717) is 45.5 Å². The molecule has 2 aromatic carbocycles. The largest absolute Gasteiger partial charge is 0.492 e. The number of carbonyl (C=O) groups is 1. The molecule has 0 saturated heterocycles. The van der Waals surface area contributed by atoms with E-state index in [-0.39, 0.29) is 11.5 Å². The molecule has 1 heterocycles. The number of pyridine rings is 1. The number of nitrogens with zero attached hydrogens (tertiary/aromatic N) is 1. The molecule has 0 bridgehead atoms. The minimum Gasteiger partial charge on any atom is -0.492 e. The van der Waals surface area contributed by atoms with Crippen LogP contribution < -0.4 is 15.6 Å². The van der Waals surface area contributed by atoms with E-state index in [1.807, 2.05) is 24.3 Å². The predicted molar refractivity (Wildman–Crippen MR) is 109 cm³/mol. The predicted octanol–water partition coefficient (Wildman–Crippen LogP) is 4.48. The van der Waals surface area contributed by atoms with Gasteiger partial charge in [-0.3, -0.25) is 9.59 Å². The number of amides is 1. The Kier molecular flexibility index (Phi) is 5.51. The average molecular weight is 385 g/mol. The molecule has 0 aliphatic heterocycles. The normalized spacial score (nSPS) is 11.0. The van der Waals surface area contributed by atoms with Gasteiger partial charge in [0.2, 0.25) is 0 Å². The SMILES string of the molecule is CC(C)COc1ccc(NC(=O)c2cc(=O)n(C)c3ccccc23)cc1Cl. The van der Waals surface area contributed by atoms with E-state index in [1.54, 1.807) is 25.2 Å². The van der Waals surface area contributed by atoms with Gasteiger partial charge in [0.1, 0.15) is 5.75 Å². The van der Waals surface area contributed by atoms with Gasteiger partial charge in [-0.1, -0.05) is 43.6 Å². The Hall–Kier alpha value is -2.79. The maximum atomic E-state index is 12.8. The molecule has 1 amide bonds. The van der Waals surface area contributed by atoms with Crippen molar-refractivity contribution in [3.63, 3.8) is 0 Å². The topological polar surface area (TPSA) is 60.3 Å². The first-order chi connectivity index (χ1) is 12.9. The lowest BCUT2D eigenvalue weighted by Gasteiger charge is -2.13. The van der Waals surface area contributed by atoms with Crippen LogP contribution in [-0.4, -0.2) is 17.1 Å². The molecule has 0 radical (unpaired) electrons. The number of nitrogens with one attached hydrogen (secondary N) is 1. The van der Waals surface area contributed by atoms with Gasteiger partial charge in [0.05, 0.1) is 22.7 Å². The zero-order valence-electron chi connectivity index (χ0n) is 15.5. The standard InChI is InChI=1S/C21H21ClN2O3/c1-13(2)12-27-19-9-8-14(10-17(19)22)23-21(26)16-11-20(25)24(3)18-7-5-4-6-15(16)18/h4-11,13H,12H2,1-3H3,(H,23,26). The molecule has 0 saturated carbocycles. The second kappa shape index (κ2) is 7.84.